The van der Waals surface area contributed by atoms with Crippen LogP contribution in [0.4, 0.5) is 19.3 Å². The molecule has 3 aliphatic heterocycles. The van der Waals surface area contributed by atoms with E-state index in [1.54, 1.807) is 42.5 Å². The normalized spacial score (nSPS) is 19.5. The molecular weight excluding hydrogens is 759 g/mol. The number of rotatable bonds is 14. The Morgan fingerprint density at radius 2 is 1.71 bits per heavy atom. The van der Waals surface area contributed by atoms with Gasteiger partial charge in [0.25, 0.3) is 0 Å². The maximum Gasteiger partial charge on any atom is 0.415 e. The molecule has 2 atom stereocenters. The van der Waals surface area contributed by atoms with Gasteiger partial charge < -0.3 is 29.3 Å². The fourth-order valence-corrected chi connectivity index (χ4v) is 7.61. The van der Waals surface area contributed by atoms with Crippen LogP contribution in [0.3, 0.4) is 0 Å². The van der Waals surface area contributed by atoms with Gasteiger partial charge in [-0.1, -0.05) is 53.5 Å². The predicted octanol–water partition coefficient (Wildman–Crippen LogP) is 8.10. The quantitative estimate of drug-likeness (QED) is 0.0766. The minimum atomic E-state index is -3.10. The van der Waals surface area contributed by atoms with Crippen molar-refractivity contribution >= 4 is 41.0 Å². The third-order valence-corrected chi connectivity index (χ3v) is 10.8. The molecule has 1 saturated carbocycles. The molecule has 1 aromatic heterocycles. The van der Waals surface area contributed by atoms with E-state index in [0.717, 1.165) is 51.2 Å². The molecule has 290 valence electrons. The number of benzene rings is 3. The van der Waals surface area contributed by atoms with Crippen molar-refractivity contribution in [2.24, 2.45) is 11.8 Å². The van der Waals surface area contributed by atoms with E-state index in [2.05, 4.69) is 4.90 Å². The number of pyridine rings is 1. The van der Waals surface area contributed by atoms with Crippen LogP contribution in [0.15, 0.2) is 79.1 Å². The Morgan fingerprint density at radius 3 is 2.38 bits per heavy atom. The molecule has 3 saturated heterocycles. The highest BCUT2D eigenvalue weighted by molar-refractivity contribution is 6.35. The molecule has 4 heterocycles. The lowest BCUT2D eigenvalue weighted by atomic mass is 9.86. The molecule has 4 aliphatic rings. The molecule has 4 fully saturated rings. The summed E-state index contributed by atoms with van der Waals surface area (Å²) in [5, 5.41) is 22.8. The Bertz CT molecular complexity index is 2010. The third kappa shape index (κ3) is 9.52. The molecule has 1 amide bonds. The smallest absolute Gasteiger partial charge is 0.415 e. The number of aromatic nitrogens is 1. The van der Waals surface area contributed by atoms with E-state index in [-0.39, 0.29) is 63.5 Å². The molecule has 1 aliphatic carbocycles. The van der Waals surface area contributed by atoms with E-state index in [1.165, 1.54) is 29.2 Å². The second-order valence-electron chi connectivity index (χ2n) is 14.1. The van der Waals surface area contributed by atoms with E-state index in [4.69, 9.17) is 42.1 Å². The van der Waals surface area contributed by atoms with Gasteiger partial charge in [-0.15, -0.1) is 0 Å². The van der Waals surface area contributed by atoms with Gasteiger partial charge in [-0.3, -0.25) is 9.80 Å². The molecule has 1 N–H and O–H groups in total. The van der Waals surface area contributed by atoms with E-state index >= 15 is 0 Å². The van der Waals surface area contributed by atoms with Crippen LogP contribution < -0.4 is 19.1 Å². The number of fused-ring (bicyclic) bond motifs is 3. The first-order chi connectivity index (χ1) is 26.5. The SMILES string of the molecule is O=C(O[C@@H](Cc1c(Cl)c[n+]([O-])cc1Cl)c1ccc(OC(F)F)c(OCC2CC2)c1)c1cccc(CN(C(=O)O[C@H]2CN3CCC2CC3)c2ccccc2O)c1. The zero-order valence-corrected chi connectivity index (χ0v) is 31.1. The minimum Gasteiger partial charge on any atom is -0.619 e. The topological polar surface area (TPSA) is 125 Å². The van der Waals surface area contributed by atoms with Crippen molar-refractivity contribution in [1.82, 2.24) is 4.90 Å². The van der Waals surface area contributed by atoms with Gasteiger partial charge in [0.1, 0.15) is 28.0 Å². The summed E-state index contributed by atoms with van der Waals surface area (Å²) in [4.78, 5) is 31.4. The summed E-state index contributed by atoms with van der Waals surface area (Å²) in [6.07, 6.45) is 3.97. The Kier molecular flexibility index (Phi) is 11.8. The molecule has 0 spiro atoms. The summed E-state index contributed by atoms with van der Waals surface area (Å²) >= 11 is 12.9. The Hall–Kier alpha value is -4.85. The van der Waals surface area contributed by atoms with Crippen LogP contribution in [-0.2, 0) is 22.4 Å². The van der Waals surface area contributed by atoms with Gasteiger partial charge >= 0.3 is 18.7 Å². The maximum atomic E-state index is 13.9. The van der Waals surface area contributed by atoms with Crippen molar-refractivity contribution < 1.29 is 47.2 Å². The second-order valence-corrected chi connectivity index (χ2v) is 14.9. The number of halogens is 4. The summed E-state index contributed by atoms with van der Waals surface area (Å²) in [5.74, 6) is -0.439. The van der Waals surface area contributed by atoms with Crippen molar-refractivity contribution in [3.8, 4) is 17.2 Å². The van der Waals surface area contributed by atoms with Gasteiger partial charge in [0.15, 0.2) is 23.9 Å². The highest BCUT2D eigenvalue weighted by Gasteiger charge is 2.38. The number of carbonyl (C=O) groups is 2. The van der Waals surface area contributed by atoms with Gasteiger partial charge in [-0.05, 0) is 98.1 Å². The van der Waals surface area contributed by atoms with Crippen LogP contribution in [0.1, 0.15) is 58.8 Å². The number of nitrogens with zero attached hydrogens (tertiary/aromatic N) is 3. The lowest BCUT2D eigenvalue weighted by molar-refractivity contribution is -0.605. The van der Waals surface area contributed by atoms with Gasteiger partial charge in [0.2, 0.25) is 0 Å². The monoisotopic (exact) mass is 797 g/mol. The molecule has 4 aromatic rings. The highest BCUT2D eigenvalue weighted by atomic mass is 35.5. The van der Waals surface area contributed by atoms with E-state index < -0.39 is 24.8 Å². The number of alkyl halides is 2. The summed E-state index contributed by atoms with van der Waals surface area (Å²) in [6, 6.07) is 17.2. The van der Waals surface area contributed by atoms with Gasteiger partial charge in [0, 0.05) is 18.5 Å². The third-order valence-electron chi connectivity index (χ3n) is 10.2. The van der Waals surface area contributed by atoms with Crippen LogP contribution in [-0.4, -0.2) is 61.0 Å². The van der Waals surface area contributed by atoms with Crippen LogP contribution in [0.25, 0.3) is 0 Å². The summed E-state index contributed by atoms with van der Waals surface area (Å²) in [7, 11) is 0. The average Bonchev–Trinajstić information content (AvgIpc) is 4.00. The summed E-state index contributed by atoms with van der Waals surface area (Å²) in [6.45, 7) is -0.235. The number of para-hydroxylation sites is 2. The fraction of sp³-hybridized carbons (Fsp3) is 0.375. The van der Waals surface area contributed by atoms with Gasteiger partial charge in [-0.25, -0.2) is 9.59 Å². The predicted molar refractivity (Wildman–Crippen MR) is 199 cm³/mol. The van der Waals surface area contributed by atoms with Crippen molar-refractivity contribution in [2.75, 3.05) is 31.1 Å². The van der Waals surface area contributed by atoms with Gasteiger partial charge in [0.05, 0.1) is 24.4 Å². The number of amides is 1. The van der Waals surface area contributed by atoms with Crippen molar-refractivity contribution in [2.45, 2.75) is 57.5 Å². The number of ether oxygens (including phenoxy) is 4. The number of phenols is 1. The zero-order valence-electron chi connectivity index (χ0n) is 29.6. The number of anilines is 1. The van der Waals surface area contributed by atoms with E-state index in [9.17, 15) is 28.7 Å². The lowest BCUT2D eigenvalue weighted by Crippen LogP contribution is -2.53. The molecule has 3 aromatic carbocycles. The minimum absolute atomic E-state index is 0.0304. The highest BCUT2D eigenvalue weighted by Crippen LogP contribution is 2.39. The largest absolute Gasteiger partial charge is 0.619 e. The fourth-order valence-electron chi connectivity index (χ4n) is 7.02. The molecule has 8 rings (SSSR count). The van der Waals surface area contributed by atoms with Crippen molar-refractivity contribution in [1.29, 1.82) is 0 Å². The van der Waals surface area contributed by atoms with Crippen molar-refractivity contribution in [3.05, 3.63) is 117 Å². The molecule has 0 radical (unpaired) electrons. The lowest BCUT2D eigenvalue weighted by Gasteiger charge is -2.44. The van der Waals surface area contributed by atoms with Crippen molar-refractivity contribution in [3.63, 3.8) is 0 Å². The number of carbonyl (C=O) groups excluding carboxylic acids is 2. The van der Waals surface area contributed by atoms with E-state index in [1.807, 2.05) is 0 Å². The molecule has 11 nitrogen and oxygen atoms in total. The van der Waals surface area contributed by atoms with Crippen LogP contribution in [0, 0.1) is 17.0 Å². The van der Waals surface area contributed by atoms with Crippen LogP contribution >= 0.6 is 23.2 Å². The number of piperidine rings is 3. The molecule has 2 bridgehead atoms. The van der Waals surface area contributed by atoms with Gasteiger partial charge in [-0.2, -0.15) is 13.5 Å². The Morgan fingerprint density at radius 1 is 0.964 bits per heavy atom. The number of hydrogen-bond donors (Lipinski definition) is 1. The maximum absolute atomic E-state index is 13.9. The number of hydrogen-bond acceptors (Lipinski definition) is 9. The number of aromatic hydroxyl groups is 1. The molecule has 15 heteroatoms. The zero-order chi connectivity index (χ0) is 38.6. The molecule has 0 unspecified atom stereocenters. The first-order valence-electron chi connectivity index (χ1n) is 18.1. The number of esters is 1. The Balaban J connectivity index is 1.15. The second kappa shape index (κ2) is 16.9. The Labute approximate surface area is 326 Å². The summed E-state index contributed by atoms with van der Waals surface area (Å²) in [5.41, 5.74) is 1.60. The van der Waals surface area contributed by atoms with E-state index in [0.29, 0.717) is 40.5 Å². The van der Waals surface area contributed by atoms with Crippen LogP contribution in [0.2, 0.25) is 10.0 Å². The molecular formula is C40H39Cl2F2N3O8. The summed E-state index contributed by atoms with van der Waals surface area (Å²) < 4.78 is 49.8. The first-order valence-corrected chi connectivity index (χ1v) is 18.8. The first kappa shape index (κ1) is 38.4. The average molecular weight is 799 g/mol. The molecule has 55 heavy (non-hydrogen) atoms. The number of phenolic OH excluding ortho intramolecular Hbond substituents is 1. The van der Waals surface area contributed by atoms with Crippen LogP contribution in [0.5, 0.6) is 17.2 Å². The standard InChI is InChI=1S/C40H39Cl2F2N3O8/c41-30-20-46(51)21-31(42)29(30)18-35(27-10-11-34(54-39(43)44)36(17-27)52-23-24-8-9-24)53-38(49)28-5-3-4-25(16-28)19-47(32-6-1-2-7-33(32)48)40(50)55-37-22-45-14-12-26(37)13-15-45/h1-7,10-11,16-17,20-21,24,26,35,37,39,48H,8-9,12-15,18-19,22-23H2/t35-,37-/m0/s1.